The number of benzene rings is 1. The van der Waals surface area contributed by atoms with E-state index in [1.54, 1.807) is 0 Å². The molecule has 2 aromatic rings. The predicted molar refractivity (Wildman–Crippen MR) is 61.8 cm³/mol. The third-order valence-electron chi connectivity index (χ3n) is 2.14. The molecule has 1 aromatic carbocycles. The summed E-state index contributed by atoms with van der Waals surface area (Å²) < 4.78 is 0. The Morgan fingerprint density at radius 1 is 1.35 bits per heavy atom. The molecule has 1 amide bonds. The van der Waals surface area contributed by atoms with E-state index < -0.39 is 0 Å². The van der Waals surface area contributed by atoms with Crippen molar-refractivity contribution in [2.45, 2.75) is 13.3 Å². The Morgan fingerprint density at radius 3 is 2.82 bits per heavy atom. The lowest BCUT2D eigenvalue weighted by Crippen LogP contribution is -2.25. The molecule has 1 aromatic heterocycles. The summed E-state index contributed by atoms with van der Waals surface area (Å²) in [7, 11) is 0. The van der Waals surface area contributed by atoms with Crippen LogP contribution in [0.5, 0.6) is 0 Å². The van der Waals surface area contributed by atoms with Crippen molar-refractivity contribution in [1.82, 2.24) is 25.5 Å². The van der Waals surface area contributed by atoms with Crippen LogP contribution in [-0.4, -0.2) is 32.7 Å². The van der Waals surface area contributed by atoms with Gasteiger partial charge in [0.2, 0.25) is 0 Å². The van der Waals surface area contributed by atoms with Gasteiger partial charge in [0.05, 0.1) is 5.69 Å². The van der Waals surface area contributed by atoms with Crippen molar-refractivity contribution in [1.29, 1.82) is 0 Å². The standard InChI is InChI=1S/C11H13N5O/c1-2-8-12-11(17)10-13-15-16(14-10)9-6-4-3-5-7-9/h3-7H,2,8H2,1H3,(H,12,17). The van der Waals surface area contributed by atoms with Gasteiger partial charge in [0.15, 0.2) is 0 Å². The van der Waals surface area contributed by atoms with Crippen molar-refractivity contribution in [2.24, 2.45) is 0 Å². The van der Waals surface area contributed by atoms with Crippen molar-refractivity contribution < 1.29 is 4.79 Å². The molecule has 0 saturated heterocycles. The number of amides is 1. The smallest absolute Gasteiger partial charge is 0.292 e. The third kappa shape index (κ3) is 2.66. The van der Waals surface area contributed by atoms with Crippen LogP contribution in [0.1, 0.15) is 24.0 Å². The lowest BCUT2D eigenvalue weighted by Gasteiger charge is -1.97. The van der Waals surface area contributed by atoms with Crippen LogP contribution in [0.4, 0.5) is 0 Å². The Bertz CT molecular complexity index is 494. The highest BCUT2D eigenvalue weighted by molar-refractivity contribution is 5.90. The molecule has 1 heterocycles. The molecule has 6 nitrogen and oxygen atoms in total. The van der Waals surface area contributed by atoms with E-state index >= 15 is 0 Å². The van der Waals surface area contributed by atoms with Crippen molar-refractivity contribution in [3.63, 3.8) is 0 Å². The number of nitrogens with one attached hydrogen (secondary N) is 1. The largest absolute Gasteiger partial charge is 0.349 e. The highest BCUT2D eigenvalue weighted by Crippen LogP contribution is 2.02. The van der Waals surface area contributed by atoms with Crippen molar-refractivity contribution in [3.05, 3.63) is 36.2 Å². The normalized spacial score (nSPS) is 10.2. The summed E-state index contributed by atoms with van der Waals surface area (Å²) in [5, 5.41) is 14.3. The van der Waals surface area contributed by atoms with Crippen molar-refractivity contribution in [2.75, 3.05) is 6.54 Å². The van der Waals surface area contributed by atoms with Crippen LogP contribution < -0.4 is 5.32 Å². The monoisotopic (exact) mass is 231 g/mol. The fraction of sp³-hybridized carbons (Fsp3) is 0.273. The van der Waals surface area contributed by atoms with Crippen molar-refractivity contribution in [3.8, 4) is 5.69 Å². The van der Waals surface area contributed by atoms with Gasteiger partial charge in [-0.3, -0.25) is 4.79 Å². The van der Waals surface area contributed by atoms with Gasteiger partial charge < -0.3 is 5.32 Å². The number of para-hydroxylation sites is 1. The maximum atomic E-state index is 11.6. The Morgan fingerprint density at radius 2 is 2.12 bits per heavy atom. The average molecular weight is 231 g/mol. The van der Waals surface area contributed by atoms with E-state index in [-0.39, 0.29) is 11.7 Å². The van der Waals surface area contributed by atoms with Crippen LogP contribution in [-0.2, 0) is 0 Å². The molecule has 6 heteroatoms. The maximum Gasteiger partial charge on any atom is 0.292 e. The van der Waals surface area contributed by atoms with Crippen LogP contribution in [0.2, 0.25) is 0 Å². The van der Waals surface area contributed by atoms with E-state index in [0.29, 0.717) is 6.54 Å². The SMILES string of the molecule is CCCNC(=O)c1nnn(-c2ccccc2)n1. The Balaban J connectivity index is 2.14. The summed E-state index contributed by atoms with van der Waals surface area (Å²) in [6.45, 7) is 2.59. The molecule has 0 saturated carbocycles. The number of tetrazole rings is 1. The van der Waals surface area contributed by atoms with E-state index in [1.165, 1.54) is 4.80 Å². The first-order valence-corrected chi connectivity index (χ1v) is 5.45. The fourth-order valence-electron chi connectivity index (χ4n) is 1.29. The van der Waals surface area contributed by atoms with Gasteiger partial charge in [-0.05, 0) is 23.8 Å². The van der Waals surface area contributed by atoms with Gasteiger partial charge in [-0.15, -0.1) is 15.0 Å². The van der Waals surface area contributed by atoms with Gasteiger partial charge in [0.25, 0.3) is 11.7 Å². The number of rotatable bonds is 4. The molecule has 0 spiro atoms. The molecule has 0 aliphatic carbocycles. The number of carbonyl (C=O) groups is 1. The molecule has 0 unspecified atom stereocenters. The van der Waals surface area contributed by atoms with E-state index in [4.69, 9.17) is 0 Å². The number of hydrogen-bond acceptors (Lipinski definition) is 4. The van der Waals surface area contributed by atoms with E-state index in [2.05, 4.69) is 20.7 Å². The summed E-state index contributed by atoms with van der Waals surface area (Å²) >= 11 is 0. The molecule has 0 aliphatic rings. The minimum absolute atomic E-state index is 0.0855. The summed E-state index contributed by atoms with van der Waals surface area (Å²) in [6, 6.07) is 9.32. The van der Waals surface area contributed by atoms with Gasteiger partial charge in [-0.25, -0.2) is 0 Å². The van der Waals surface area contributed by atoms with Gasteiger partial charge in [-0.1, -0.05) is 25.1 Å². The molecule has 0 bridgehead atoms. The van der Waals surface area contributed by atoms with E-state index in [0.717, 1.165) is 12.1 Å². The first kappa shape index (κ1) is 11.3. The quantitative estimate of drug-likeness (QED) is 0.844. The number of hydrogen-bond donors (Lipinski definition) is 1. The van der Waals surface area contributed by atoms with Crippen LogP contribution >= 0.6 is 0 Å². The summed E-state index contributed by atoms with van der Waals surface area (Å²) in [5.74, 6) is -0.212. The Kier molecular flexibility index (Phi) is 3.44. The zero-order valence-corrected chi connectivity index (χ0v) is 9.50. The van der Waals surface area contributed by atoms with E-state index in [9.17, 15) is 4.79 Å². The summed E-state index contributed by atoms with van der Waals surface area (Å²) in [6.07, 6.45) is 0.874. The molecule has 0 radical (unpaired) electrons. The van der Waals surface area contributed by atoms with Crippen LogP contribution in [0.25, 0.3) is 5.69 Å². The molecule has 88 valence electrons. The van der Waals surface area contributed by atoms with Gasteiger partial charge >= 0.3 is 0 Å². The molecule has 0 atom stereocenters. The second kappa shape index (κ2) is 5.20. The molecule has 0 aliphatic heterocycles. The summed E-state index contributed by atoms with van der Waals surface area (Å²) in [4.78, 5) is 12.9. The number of nitrogens with zero attached hydrogens (tertiary/aromatic N) is 4. The molecular formula is C11H13N5O. The maximum absolute atomic E-state index is 11.6. The van der Waals surface area contributed by atoms with Gasteiger partial charge in [0, 0.05) is 6.54 Å². The fourth-order valence-corrected chi connectivity index (χ4v) is 1.29. The average Bonchev–Trinajstić information content (AvgIpc) is 2.86. The highest BCUT2D eigenvalue weighted by atomic mass is 16.2. The van der Waals surface area contributed by atoms with Crippen molar-refractivity contribution >= 4 is 5.91 Å². The second-order valence-electron chi connectivity index (χ2n) is 3.49. The lowest BCUT2D eigenvalue weighted by atomic mass is 10.3. The van der Waals surface area contributed by atoms with Gasteiger partial charge in [0.1, 0.15) is 0 Å². The summed E-state index contributed by atoms with van der Waals surface area (Å²) in [5.41, 5.74) is 0.773. The lowest BCUT2D eigenvalue weighted by molar-refractivity contribution is 0.0943. The molecule has 0 fully saturated rings. The molecule has 2 rings (SSSR count). The van der Waals surface area contributed by atoms with E-state index in [1.807, 2.05) is 37.3 Å². The Labute approximate surface area is 98.6 Å². The zero-order chi connectivity index (χ0) is 12.1. The Hall–Kier alpha value is -2.24. The first-order valence-electron chi connectivity index (χ1n) is 5.45. The van der Waals surface area contributed by atoms with Crippen LogP contribution in [0.3, 0.4) is 0 Å². The minimum atomic E-state index is -0.297. The number of carbonyl (C=O) groups excluding carboxylic acids is 1. The predicted octanol–water partition coefficient (Wildman–Crippen LogP) is 0.802. The van der Waals surface area contributed by atoms with Crippen LogP contribution in [0.15, 0.2) is 30.3 Å². The number of aromatic nitrogens is 4. The topological polar surface area (TPSA) is 72.7 Å². The minimum Gasteiger partial charge on any atom is -0.349 e. The molecule has 17 heavy (non-hydrogen) atoms. The second-order valence-corrected chi connectivity index (χ2v) is 3.49. The third-order valence-corrected chi connectivity index (χ3v) is 2.14. The first-order chi connectivity index (χ1) is 8.31. The zero-order valence-electron chi connectivity index (χ0n) is 9.50. The van der Waals surface area contributed by atoms with Gasteiger partial charge in [-0.2, -0.15) is 0 Å². The highest BCUT2D eigenvalue weighted by Gasteiger charge is 2.12. The van der Waals surface area contributed by atoms with Crippen LogP contribution in [0, 0.1) is 0 Å². The molecular weight excluding hydrogens is 218 g/mol. The molecule has 1 N–H and O–H groups in total.